The summed E-state index contributed by atoms with van der Waals surface area (Å²) in [5.74, 6) is -0.493. The van der Waals surface area contributed by atoms with E-state index in [1.165, 1.54) is 0 Å². The summed E-state index contributed by atoms with van der Waals surface area (Å²) < 4.78 is 0. The summed E-state index contributed by atoms with van der Waals surface area (Å²) in [5.41, 5.74) is 6.09. The summed E-state index contributed by atoms with van der Waals surface area (Å²) >= 11 is 0. The predicted octanol–water partition coefficient (Wildman–Crippen LogP) is 0.578. The fourth-order valence-corrected chi connectivity index (χ4v) is 1.42. The van der Waals surface area contributed by atoms with Gasteiger partial charge in [-0.1, -0.05) is 6.07 Å². The Balaban J connectivity index is 2.86. The topological polar surface area (TPSA) is 99.2 Å². The second-order valence-corrected chi connectivity index (χ2v) is 3.80. The summed E-state index contributed by atoms with van der Waals surface area (Å²) in [4.78, 5) is 23.9. The fraction of sp³-hybridized carbons (Fsp3) is 0.250. The molecule has 1 aromatic rings. The lowest BCUT2D eigenvalue weighted by Gasteiger charge is -2.25. The lowest BCUT2D eigenvalue weighted by atomic mass is 10.1. The molecule has 0 aliphatic carbocycles. The molecule has 6 nitrogen and oxygen atoms in total. The molecule has 1 atom stereocenters. The number of rotatable bonds is 3. The minimum absolute atomic E-state index is 0.493. The summed E-state index contributed by atoms with van der Waals surface area (Å²) in [5, 5.41) is 10.8. The molecule has 0 radical (unpaired) electrons. The third kappa shape index (κ3) is 3.22. The Hall–Kier alpha value is -2.55. The molecule has 18 heavy (non-hydrogen) atoms. The highest BCUT2D eigenvalue weighted by Crippen LogP contribution is 2.16. The van der Waals surface area contributed by atoms with E-state index in [9.17, 15) is 9.59 Å². The van der Waals surface area contributed by atoms with Crippen molar-refractivity contribution in [3.05, 3.63) is 29.8 Å². The van der Waals surface area contributed by atoms with E-state index < -0.39 is 18.0 Å². The average molecular weight is 246 g/mol. The van der Waals surface area contributed by atoms with Crippen LogP contribution in [0.25, 0.3) is 0 Å². The highest BCUT2D eigenvalue weighted by Gasteiger charge is 2.19. The van der Waals surface area contributed by atoms with Crippen LogP contribution in [0.2, 0.25) is 0 Å². The van der Waals surface area contributed by atoms with Crippen molar-refractivity contribution < 1.29 is 9.59 Å². The molecule has 0 aromatic heterocycles. The molecule has 0 heterocycles. The number of nitriles is 1. The van der Waals surface area contributed by atoms with E-state index in [4.69, 9.17) is 11.0 Å². The van der Waals surface area contributed by atoms with Gasteiger partial charge in [-0.3, -0.25) is 10.1 Å². The van der Waals surface area contributed by atoms with Gasteiger partial charge < -0.3 is 10.6 Å². The van der Waals surface area contributed by atoms with Gasteiger partial charge in [-0.25, -0.2) is 4.79 Å². The highest BCUT2D eigenvalue weighted by atomic mass is 16.2. The van der Waals surface area contributed by atoms with Gasteiger partial charge in [0.25, 0.3) is 0 Å². The maximum Gasteiger partial charge on any atom is 0.318 e. The first kappa shape index (κ1) is 13.5. The molecule has 0 fully saturated rings. The minimum atomic E-state index is -0.883. The van der Waals surface area contributed by atoms with E-state index >= 15 is 0 Å². The summed E-state index contributed by atoms with van der Waals surface area (Å²) in [6, 6.07) is 7.39. The van der Waals surface area contributed by atoms with E-state index in [0.29, 0.717) is 11.3 Å². The lowest BCUT2D eigenvalue weighted by molar-refractivity contribution is -0.120. The number of carbonyl (C=O) groups excluding carboxylic acids is 2. The number of nitrogens with one attached hydrogen (secondary N) is 1. The van der Waals surface area contributed by atoms with Crippen LogP contribution in [0.1, 0.15) is 12.5 Å². The standard InChI is InChI=1S/C12H14N4O2/c1-8(11(17)15-12(14)18)16(2)10-5-3-4-9(6-10)7-13/h3-6,8H,1-2H3,(H3,14,15,17,18). The van der Waals surface area contributed by atoms with Gasteiger partial charge in [-0.2, -0.15) is 5.26 Å². The first-order valence-corrected chi connectivity index (χ1v) is 5.29. The number of benzene rings is 1. The fourth-order valence-electron chi connectivity index (χ4n) is 1.42. The lowest BCUT2D eigenvalue weighted by Crippen LogP contribution is -2.47. The number of nitrogens with zero attached hydrogens (tertiary/aromatic N) is 2. The average Bonchev–Trinajstić information content (AvgIpc) is 2.36. The van der Waals surface area contributed by atoms with Crippen LogP contribution in [-0.4, -0.2) is 25.0 Å². The molecule has 94 valence electrons. The van der Waals surface area contributed by atoms with Crippen molar-refractivity contribution in [2.24, 2.45) is 5.73 Å². The van der Waals surface area contributed by atoms with Crippen molar-refractivity contribution >= 4 is 17.6 Å². The number of nitrogens with two attached hydrogens (primary N) is 1. The van der Waals surface area contributed by atoms with Crippen LogP contribution < -0.4 is 16.0 Å². The van der Waals surface area contributed by atoms with Crippen molar-refractivity contribution in [1.29, 1.82) is 5.26 Å². The predicted molar refractivity (Wildman–Crippen MR) is 66.7 cm³/mol. The molecule has 1 aromatic carbocycles. The summed E-state index contributed by atoms with van der Waals surface area (Å²) in [6.45, 7) is 1.64. The van der Waals surface area contributed by atoms with Crippen molar-refractivity contribution in [3.8, 4) is 6.07 Å². The number of carbonyl (C=O) groups is 2. The molecule has 6 heteroatoms. The largest absolute Gasteiger partial charge is 0.363 e. The normalized spacial score (nSPS) is 11.2. The van der Waals surface area contributed by atoms with Crippen LogP contribution >= 0.6 is 0 Å². The van der Waals surface area contributed by atoms with E-state index in [0.717, 1.165) is 0 Å². The maximum absolute atomic E-state index is 11.6. The Bertz CT molecular complexity index is 507. The molecule has 0 bridgehead atoms. The number of urea groups is 1. The van der Waals surface area contributed by atoms with Crippen LogP contribution in [0.4, 0.5) is 10.5 Å². The molecule has 0 spiro atoms. The third-order valence-corrected chi connectivity index (χ3v) is 2.59. The van der Waals surface area contributed by atoms with Gasteiger partial charge in [0.2, 0.25) is 5.91 Å². The number of amides is 3. The van der Waals surface area contributed by atoms with E-state index in [1.54, 1.807) is 43.1 Å². The number of likely N-dealkylation sites (N-methyl/N-ethyl adjacent to an activating group) is 1. The van der Waals surface area contributed by atoms with Crippen molar-refractivity contribution in [2.45, 2.75) is 13.0 Å². The quantitative estimate of drug-likeness (QED) is 0.814. The minimum Gasteiger partial charge on any atom is -0.363 e. The maximum atomic E-state index is 11.6. The van der Waals surface area contributed by atoms with Gasteiger partial charge in [-0.15, -0.1) is 0 Å². The molecule has 1 unspecified atom stereocenters. The van der Waals surface area contributed by atoms with Crippen molar-refractivity contribution in [3.63, 3.8) is 0 Å². The monoisotopic (exact) mass is 246 g/mol. The van der Waals surface area contributed by atoms with Gasteiger partial charge in [0.15, 0.2) is 0 Å². The van der Waals surface area contributed by atoms with Gasteiger partial charge in [0.05, 0.1) is 11.6 Å². The molecular formula is C12H14N4O2. The second-order valence-electron chi connectivity index (χ2n) is 3.80. The van der Waals surface area contributed by atoms with Crippen LogP contribution in [-0.2, 0) is 4.79 Å². The molecule has 1 rings (SSSR count). The zero-order valence-electron chi connectivity index (χ0n) is 10.2. The molecule has 0 aliphatic rings. The van der Waals surface area contributed by atoms with Crippen LogP contribution in [0.15, 0.2) is 24.3 Å². The van der Waals surface area contributed by atoms with E-state index in [2.05, 4.69) is 0 Å². The third-order valence-electron chi connectivity index (χ3n) is 2.59. The smallest absolute Gasteiger partial charge is 0.318 e. The van der Waals surface area contributed by atoms with Gasteiger partial charge in [-0.05, 0) is 25.1 Å². The Kier molecular flexibility index (Phi) is 4.27. The molecular weight excluding hydrogens is 232 g/mol. The molecule has 3 N–H and O–H groups in total. The zero-order valence-corrected chi connectivity index (χ0v) is 10.2. The Morgan fingerprint density at radius 3 is 2.72 bits per heavy atom. The first-order valence-electron chi connectivity index (χ1n) is 5.29. The van der Waals surface area contributed by atoms with Gasteiger partial charge in [0, 0.05) is 12.7 Å². The number of anilines is 1. The number of imide groups is 1. The van der Waals surface area contributed by atoms with Gasteiger partial charge in [0.1, 0.15) is 6.04 Å². The summed E-state index contributed by atoms with van der Waals surface area (Å²) in [7, 11) is 1.70. The number of hydrogen-bond donors (Lipinski definition) is 2. The zero-order chi connectivity index (χ0) is 13.7. The second kappa shape index (κ2) is 5.68. The van der Waals surface area contributed by atoms with Crippen molar-refractivity contribution in [1.82, 2.24) is 5.32 Å². The van der Waals surface area contributed by atoms with Gasteiger partial charge >= 0.3 is 6.03 Å². The van der Waals surface area contributed by atoms with E-state index in [-0.39, 0.29) is 0 Å². The van der Waals surface area contributed by atoms with Crippen LogP contribution in [0.3, 0.4) is 0 Å². The Morgan fingerprint density at radius 2 is 2.17 bits per heavy atom. The molecule has 0 saturated carbocycles. The Labute approximate surface area is 105 Å². The molecule has 3 amide bonds. The highest BCUT2D eigenvalue weighted by molar-refractivity contribution is 5.97. The summed E-state index contributed by atoms with van der Waals surface area (Å²) in [6.07, 6.45) is 0. The first-order chi connectivity index (χ1) is 8.45. The van der Waals surface area contributed by atoms with Crippen LogP contribution in [0.5, 0.6) is 0 Å². The number of hydrogen-bond acceptors (Lipinski definition) is 4. The van der Waals surface area contributed by atoms with Crippen LogP contribution in [0, 0.1) is 11.3 Å². The SMILES string of the molecule is CC(C(=O)NC(N)=O)N(C)c1cccc(C#N)c1. The molecule has 0 aliphatic heterocycles. The van der Waals surface area contributed by atoms with Crippen molar-refractivity contribution in [2.75, 3.05) is 11.9 Å². The molecule has 0 saturated heterocycles. The van der Waals surface area contributed by atoms with E-state index in [1.807, 2.05) is 11.4 Å². The number of primary amides is 1. The Morgan fingerprint density at radius 1 is 1.50 bits per heavy atom.